The molecule has 0 saturated heterocycles. The Morgan fingerprint density at radius 1 is 0.941 bits per heavy atom. The van der Waals surface area contributed by atoms with Crippen molar-refractivity contribution in [3.8, 4) is 5.82 Å². The summed E-state index contributed by atoms with van der Waals surface area (Å²) in [4.78, 5) is 38.7. The van der Waals surface area contributed by atoms with Crippen LogP contribution in [0.5, 0.6) is 0 Å². The Bertz CT molecular complexity index is 1420. The number of nitrogens with zero attached hydrogens (tertiary/aromatic N) is 4. The van der Waals surface area contributed by atoms with Crippen LogP contribution >= 0.6 is 22.7 Å². The maximum absolute atomic E-state index is 12.4. The molecule has 2 amide bonds. The molecule has 1 aromatic carbocycles. The largest absolute Gasteiger partial charge is 0.352 e. The highest BCUT2D eigenvalue weighted by atomic mass is 32.1. The number of amides is 2. The molecule has 5 rings (SSSR count). The Morgan fingerprint density at radius 2 is 1.85 bits per heavy atom. The molecule has 8 nitrogen and oxygen atoms in total. The average Bonchev–Trinajstić information content (AvgIpc) is 3.60. The predicted molar refractivity (Wildman–Crippen MR) is 133 cm³/mol. The molecule has 0 aliphatic carbocycles. The van der Waals surface area contributed by atoms with Crippen molar-refractivity contribution in [1.82, 2.24) is 24.8 Å². The second kappa shape index (κ2) is 9.94. The average molecular weight is 489 g/mol. The Kier molecular flexibility index (Phi) is 6.41. The third-order valence-electron chi connectivity index (χ3n) is 5.05. The van der Waals surface area contributed by atoms with Crippen molar-refractivity contribution < 1.29 is 9.59 Å². The van der Waals surface area contributed by atoms with E-state index in [9.17, 15) is 9.59 Å². The predicted octanol–water partition coefficient (Wildman–Crippen LogP) is 3.98. The van der Waals surface area contributed by atoms with Gasteiger partial charge in [0.25, 0.3) is 0 Å². The number of fused-ring (bicyclic) bond motifs is 1. The number of benzene rings is 1. The van der Waals surface area contributed by atoms with Gasteiger partial charge in [-0.05, 0) is 35.2 Å². The number of aromatic nitrogens is 4. The van der Waals surface area contributed by atoms with Crippen molar-refractivity contribution in [2.45, 2.75) is 19.4 Å². The van der Waals surface area contributed by atoms with Gasteiger partial charge in [0.05, 0.1) is 29.6 Å². The van der Waals surface area contributed by atoms with Gasteiger partial charge in [0.2, 0.25) is 11.8 Å². The van der Waals surface area contributed by atoms with E-state index < -0.39 is 0 Å². The van der Waals surface area contributed by atoms with Gasteiger partial charge >= 0.3 is 0 Å². The molecule has 0 spiro atoms. The first-order chi connectivity index (χ1) is 16.6. The van der Waals surface area contributed by atoms with Gasteiger partial charge in [-0.25, -0.2) is 15.0 Å². The van der Waals surface area contributed by atoms with Crippen molar-refractivity contribution in [3.63, 3.8) is 0 Å². The zero-order valence-corrected chi connectivity index (χ0v) is 19.6. The molecule has 34 heavy (non-hydrogen) atoms. The van der Waals surface area contributed by atoms with Crippen molar-refractivity contribution >= 4 is 50.7 Å². The molecule has 2 N–H and O–H groups in total. The number of carbonyl (C=O) groups excluding carboxylic acids is 2. The summed E-state index contributed by atoms with van der Waals surface area (Å²) in [5, 5.41) is 9.90. The Hall–Kier alpha value is -3.89. The lowest BCUT2D eigenvalue weighted by Crippen LogP contribution is -2.24. The van der Waals surface area contributed by atoms with Crippen LogP contribution < -0.4 is 10.6 Å². The number of imidazole rings is 1. The molecule has 4 aromatic heterocycles. The number of hydrogen-bond acceptors (Lipinski definition) is 7. The molecule has 4 heterocycles. The van der Waals surface area contributed by atoms with Crippen LogP contribution in [0.25, 0.3) is 16.9 Å². The van der Waals surface area contributed by atoms with Gasteiger partial charge in [0.1, 0.15) is 12.1 Å². The van der Waals surface area contributed by atoms with Crippen LogP contribution in [0.15, 0.2) is 71.8 Å². The second-order valence-electron chi connectivity index (χ2n) is 7.53. The van der Waals surface area contributed by atoms with E-state index in [1.165, 1.54) is 11.3 Å². The number of thiophene rings is 1. The van der Waals surface area contributed by atoms with E-state index in [2.05, 4.69) is 25.6 Å². The van der Waals surface area contributed by atoms with E-state index in [0.29, 0.717) is 23.8 Å². The number of para-hydroxylation sites is 2. The maximum atomic E-state index is 12.4. The lowest BCUT2D eigenvalue weighted by atomic mass is 10.2. The van der Waals surface area contributed by atoms with Gasteiger partial charge in [0.15, 0.2) is 5.13 Å². The molecule has 0 unspecified atom stereocenters. The summed E-state index contributed by atoms with van der Waals surface area (Å²) >= 11 is 2.85. The smallest absolute Gasteiger partial charge is 0.231 e. The van der Waals surface area contributed by atoms with E-state index in [0.717, 1.165) is 27.3 Å². The highest BCUT2D eigenvalue weighted by Crippen LogP contribution is 2.18. The van der Waals surface area contributed by atoms with Gasteiger partial charge < -0.3 is 10.6 Å². The minimum Gasteiger partial charge on any atom is -0.352 e. The number of nitrogens with one attached hydrogen (secondary N) is 2. The van der Waals surface area contributed by atoms with Crippen LogP contribution in [0.3, 0.4) is 0 Å². The Labute approximate surface area is 203 Å². The Morgan fingerprint density at radius 3 is 2.68 bits per heavy atom. The topological polar surface area (TPSA) is 102 Å². The summed E-state index contributed by atoms with van der Waals surface area (Å²) in [5.41, 5.74) is 3.41. The van der Waals surface area contributed by atoms with E-state index in [-0.39, 0.29) is 18.2 Å². The number of anilines is 1. The van der Waals surface area contributed by atoms with Crippen molar-refractivity contribution in [1.29, 1.82) is 0 Å². The fourth-order valence-corrected chi connectivity index (χ4v) is 4.84. The van der Waals surface area contributed by atoms with Gasteiger partial charge in [-0.2, -0.15) is 0 Å². The molecular formula is C24H20N6O2S2. The molecule has 0 fully saturated rings. The van der Waals surface area contributed by atoms with E-state index in [1.807, 2.05) is 58.5 Å². The minimum atomic E-state index is -0.147. The van der Waals surface area contributed by atoms with Crippen LogP contribution in [0, 0.1) is 0 Å². The van der Waals surface area contributed by atoms with Crippen molar-refractivity contribution in [2.75, 3.05) is 5.32 Å². The number of pyridine rings is 1. The van der Waals surface area contributed by atoms with Crippen molar-refractivity contribution in [2.24, 2.45) is 0 Å². The van der Waals surface area contributed by atoms with Crippen LogP contribution in [0.2, 0.25) is 0 Å². The first-order valence-electron chi connectivity index (χ1n) is 10.5. The molecule has 0 atom stereocenters. The summed E-state index contributed by atoms with van der Waals surface area (Å²) in [5.74, 6) is 0.499. The third kappa shape index (κ3) is 5.19. The molecule has 0 aliphatic heterocycles. The first-order valence-corrected chi connectivity index (χ1v) is 12.3. The van der Waals surface area contributed by atoms with Gasteiger partial charge in [-0.15, -0.1) is 22.7 Å². The van der Waals surface area contributed by atoms with E-state index in [1.54, 1.807) is 29.2 Å². The lowest BCUT2D eigenvalue weighted by Gasteiger charge is -2.07. The Balaban J connectivity index is 1.12. The van der Waals surface area contributed by atoms with E-state index >= 15 is 0 Å². The number of hydrogen-bond donors (Lipinski definition) is 2. The summed E-state index contributed by atoms with van der Waals surface area (Å²) in [6, 6.07) is 15.5. The number of carbonyl (C=O) groups is 2. The zero-order valence-electron chi connectivity index (χ0n) is 18.0. The molecule has 0 bridgehead atoms. The quantitative estimate of drug-likeness (QED) is 0.344. The fraction of sp³-hybridized carbons (Fsp3) is 0.125. The summed E-state index contributed by atoms with van der Waals surface area (Å²) in [6.07, 6.45) is 3.95. The minimum absolute atomic E-state index is 0.118. The zero-order chi connectivity index (χ0) is 23.3. The molecule has 0 radical (unpaired) electrons. The fourth-order valence-electron chi connectivity index (χ4n) is 3.41. The van der Waals surface area contributed by atoms with Crippen molar-refractivity contribution in [3.05, 3.63) is 87.9 Å². The summed E-state index contributed by atoms with van der Waals surface area (Å²) in [6.45, 7) is 0.366. The molecule has 5 aromatic rings. The second-order valence-corrected chi connectivity index (χ2v) is 9.42. The molecule has 170 valence electrons. The summed E-state index contributed by atoms with van der Waals surface area (Å²) < 4.78 is 1.93. The van der Waals surface area contributed by atoms with Crippen LogP contribution in [-0.4, -0.2) is 31.3 Å². The van der Waals surface area contributed by atoms with Crippen LogP contribution in [0.1, 0.15) is 16.1 Å². The molecular weight excluding hydrogens is 468 g/mol. The first kappa shape index (κ1) is 21.9. The standard InChI is InChI=1S/C24H20N6O2S2/c31-22(10-17-14-34-24(28-17)29-23(32)11-18-4-3-9-33-18)26-13-16-7-8-21(25-12-16)30-15-27-19-5-1-2-6-20(19)30/h1-9,12,14-15H,10-11,13H2,(H,26,31)(H,28,29,32). The normalized spacial score (nSPS) is 10.9. The molecule has 0 saturated carbocycles. The lowest BCUT2D eigenvalue weighted by molar-refractivity contribution is -0.120. The number of rotatable bonds is 8. The van der Waals surface area contributed by atoms with Crippen LogP contribution in [-0.2, 0) is 29.0 Å². The SMILES string of the molecule is O=C(Cc1csc(NC(=O)Cc2cccs2)n1)NCc1ccc(-n2cnc3ccccc32)nc1. The highest BCUT2D eigenvalue weighted by molar-refractivity contribution is 7.14. The van der Waals surface area contributed by atoms with Gasteiger partial charge in [0, 0.05) is 23.0 Å². The maximum Gasteiger partial charge on any atom is 0.231 e. The van der Waals surface area contributed by atoms with E-state index in [4.69, 9.17) is 0 Å². The highest BCUT2D eigenvalue weighted by Gasteiger charge is 2.11. The monoisotopic (exact) mass is 488 g/mol. The molecule has 0 aliphatic rings. The van der Waals surface area contributed by atoms with Gasteiger partial charge in [-0.1, -0.05) is 24.3 Å². The van der Waals surface area contributed by atoms with Gasteiger partial charge in [-0.3, -0.25) is 14.2 Å². The third-order valence-corrected chi connectivity index (χ3v) is 6.74. The summed E-state index contributed by atoms with van der Waals surface area (Å²) in [7, 11) is 0. The van der Waals surface area contributed by atoms with Crippen LogP contribution in [0.4, 0.5) is 5.13 Å². The molecule has 10 heteroatoms. The number of thiazole rings is 1.